The fourth-order valence-electron chi connectivity index (χ4n) is 0.794. The van der Waals surface area contributed by atoms with Crippen molar-refractivity contribution in [2.45, 2.75) is 12.1 Å². The van der Waals surface area contributed by atoms with E-state index in [1.807, 2.05) is 0 Å². The van der Waals surface area contributed by atoms with Crippen LogP contribution in [0.15, 0.2) is 0 Å². The first-order chi connectivity index (χ1) is 3.84. The molecule has 0 aromatic heterocycles. The van der Waals surface area contributed by atoms with E-state index >= 15 is 0 Å². The molecule has 1 aliphatic heterocycles. The molecule has 1 aliphatic rings. The first kappa shape index (κ1) is 6.01. The molecule has 0 radical (unpaired) electrons. The normalized spacial score (nSPS) is 38.2. The van der Waals surface area contributed by atoms with Crippen LogP contribution in [0, 0.1) is 0 Å². The molecule has 0 bridgehead atoms. The molecule has 0 amide bonds. The van der Waals surface area contributed by atoms with Gasteiger partial charge in [-0.1, -0.05) is 0 Å². The molecule has 48 valence electrons. The Labute approximate surface area is 48.8 Å². The van der Waals surface area contributed by atoms with Gasteiger partial charge in [-0.25, -0.2) is 0 Å². The summed E-state index contributed by atoms with van der Waals surface area (Å²) in [6, 6.07) is 0.0833. The lowest BCUT2D eigenvalue weighted by Gasteiger charge is -2.08. The summed E-state index contributed by atoms with van der Waals surface area (Å²) >= 11 is 0. The van der Waals surface area contributed by atoms with Crippen LogP contribution in [-0.4, -0.2) is 32.5 Å². The summed E-state index contributed by atoms with van der Waals surface area (Å²) < 4.78 is 9.98. The van der Waals surface area contributed by atoms with Crippen LogP contribution in [0.1, 0.15) is 0 Å². The van der Waals surface area contributed by atoms with Gasteiger partial charge in [-0.15, -0.1) is 0 Å². The Morgan fingerprint density at radius 2 is 2.38 bits per heavy atom. The Morgan fingerprint density at radius 3 is 2.62 bits per heavy atom. The van der Waals surface area contributed by atoms with Crippen molar-refractivity contribution < 1.29 is 9.47 Å². The van der Waals surface area contributed by atoms with Gasteiger partial charge >= 0.3 is 0 Å². The molecule has 2 N–H and O–H groups in total. The average Bonchev–Trinajstić information content (AvgIpc) is 2.14. The van der Waals surface area contributed by atoms with Gasteiger partial charge in [0.1, 0.15) is 0 Å². The van der Waals surface area contributed by atoms with Crippen molar-refractivity contribution >= 4 is 0 Å². The highest BCUT2D eigenvalue weighted by Crippen LogP contribution is 2.04. The fraction of sp³-hybridized carbons (Fsp3) is 1.00. The largest absolute Gasteiger partial charge is 0.377 e. The quantitative estimate of drug-likeness (QED) is 0.497. The molecule has 2 atom stereocenters. The summed E-state index contributed by atoms with van der Waals surface area (Å²) in [6.07, 6.45) is 0.120. The minimum atomic E-state index is 0.0833. The summed E-state index contributed by atoms with van der Waals surface area (Å²) in [4.78, 5) is 0. The molecule has 3 heteroatoms. The minimum absolute atomic E-state index is 0.0833. The van der Waals surface area contributed by atoms with E-state index in [0.717, 1.165) is 0 Å². The van der Waals surface area contributed by atoms with Crippen LogP contribution in [-0.2, 0) is 9.47 Å². The first-order valence-corrected chi connectivity index (χ1v) is 2.70. The fourth-order valence-corrected chi connectivity index (χ4v) is 0.794. The Balaban J connectivity index is 2.30. The van der Waals surface area contributed by atoms with Gasteiger partial charge in [-0.3, -0.25) is 0 Å². The van der Waals surface area contributed by atoms with Gasteiger partial charge < -0.3 is 15.2 Å². The van der Waals surface area contributed by atoms with E-state index in [1.165, 1.54) is 0 Å². The van der Waals surface area contributed by atoms with Crippen molar-refractivity contribution in [2.24, 2.45) is 5.73 Å². The van der Waals surface area contributed by atoms with Crippen molar-refractivity contribution in [1.82, 2.24) is 0 Å². The lowest BCUT2D eigenvalue weighted by molar-refractivity contribution is 0.0777. The Kier molecular flexibility index (Phi) is 1.83. The number of hydrogen-bond acceptors (Lipinski definition) is 3. The Morgan fingerprint density at radius 1 is 1.62 bits per heavy atom. The Hall–Kier alpha value is -0.120. The molecular weight excluding hydrogens is 106 g/mol. The number of rotatable bonds is 1. The van der Waals surface area contributed by atoms with Gasteiger partial charge in [0.15, 0.2) is 0 Å². The van der Waals surface area contributed by atoms with E-state index in [9.17, 15) is 0 Å². The number of methoxy groups -OCH3 is 1. The molecule has 0 spiro atoms. The summed E-state index contributed by atoms with van der Waals surface area (Å²) in [7, 11) is 1.65. The molecule has 1 rings (SSSR count). The number of nitrogens with two attached hydrogens (primary N) is 1. The van der Waals surface area contributed by atoms with Crippen LogP contribution in [0.5, 0.6) is 0 Å². The SMILES string of the molecule is CO[C@H]1COC[C@H]1N. The van der Waals surface area contributed by atoms with E-state index in [1.54, 1.807) is 7.11 Å². The highest BCUT2D eigenvalue weighted by Gasteiger charge is 2.23. The van der Waals surface area contributed by atoms with Crippen LogP contribution in [0.25, 0.3) is 0 Å². The van der Waals surface area contributed by atoms with Gasteiger partial charge in [-0.05, 0) is 0 Å². The highest BCUT2D eigenvalue weighted by molar-refractivity contribution is 4.77. The standard InChI is InChI=1S/C5H11NO2/c1-7-5-3-8-2-4(5)6/h4-5H,2-3,6H2,1H3/t4-,5+/m1/s1. The molecule has 1 heterocycles. The van der Waals surface area contributed by atoms with Crippen LogP contribution in [0.4, 0.5) is 0 Å². The van der Waals surface area contributed by atoms with Crippen LogP contribution >= 0.6 is 0 Å². The molecule has 0 aromatic rings. The maximum Gasteiger partial charge on any atom is 0.0977 e. The van der Waals surface area contributed by atoms with Crippen LogP contribution < -0.4 is 5.73 Å². The van der Waals surface area contributed by atoms with Gasteiger partial charge in [-0.2, -0.15) is 0 Å². The second-order valence-electron chi connectivity index (χ2n) is 1.98. The summed E-state index contributed by atoms with van der Waals surface area (Å²) in [6.45, 7) is 1.29. The van der Waals surface area contributed by atoms with Gasteiger partial charge in [0.05, 0.1) is 25.4 Å². The summed E-state index contributed by atoms with van der Waals surface area (Å²) in [5.41, 5.74) is 5.54. The third kappa shape index (κ3) is 0.992. The Bertz CT molecular complexity index is 76.8. The first-order valence-electron chi connectivity index (χ1n) is 2.70. The predicted octanol–water partition coefficient (Wildman–Crippen LogP) is -0.641. The molecule has 0 saturated carbocycles. The molecule has 0 aliphatic carbocycles. The second kappa shape index (κ2) is 2.44. The molecule has 8 heavy (non-hydrogen) atoms. The van der Waals surface area contributed by atoms with Gasteiger partial charge in [0.25, 0.3) is 0 Å². The van der Waals surface area contributed by atoms with Gasteiger partial charge in [0.2, 0.25) is 0 Å². The third-order valence-electron chi connectivity index (χ3n) is 1.37. The summed E-state index contributed by atoms with van der Waals surface area (Å²) in [5.74, 6) is 0. The molecule has 3 nitrogen and oxygen atoms in total. The van der Waals surface area contributed by atoms with Crippen LogP contribution in [0.2, 0.25) is 0 Å². The topological polar surface area (TPSA) is 44.5 Å². The maximum atomic E-state index is 5.54. The molecular formula is C5H11NO2. The highest BCUT2D eigenvalue weighted by atomic mass is 16.5. The van der Waals surface area contributed by atoms with Crippen molar-refractivity contribution in [2.75, 3.05) is 20.3 Å². The van der Waals surface area contributed by atoms with Crippen molar-refractivity contribution in [3.8, 4) is 0 Å². The van der Waals surface area contributed by atoms with Gasteiger partial charge in [0, 0.05) is 7.11 Å². The van der Waals surface area contributed by atoms with E-state index < -0.39 is 0 Å². The van der Waals surface area contributed by atoms with E-state index in [-0.39, 0.29) is 12.1 Å². The zero-order chi connectivity index (χ0) is 5.98. The predicted molar refractivity (Wildman–Crippen MR) is 29.6 cm³/mol. The van der Waals surface area contributed by atoms with Crippen molar-refractivity contribution in [3.05, 3.63) is 0 Å². The smallest absolute Gasteiger partial charge is 0.0977 e. The lowest BCUT2D eigenvalue weighted by atomic mass is 10.2. The molecule has 0 aromatic carbocycles. The third-order valence-corrected chi connectivity index (χ3v) is 1.37. The van der Waals surface area contributed by atoms with E-state index in [4.69, 9.17) is 15.2 Å². The molecule has 0 unspecified atom stereocenters. The van der Waals surface area contributed by atoms with E-state index in [2.05, 4.69) is 0 Å². The molecule has 1 fully saturated rings. The number of hydrogen-bond donors (Lipinski definition) is 1. The van der Waals surface area contributed by atoms with Crippen molar-refractivity contribution in [3.63, 3.8) is 0 Å². The van der Waals surface area contributed by atoms with E-state index in [0.29, 0.717) is 13.2 Å². The zero-order valence-corrected chi connectivity index (χ0v) is 4.96. The monoisotopic (exact) mass is 117 g/mol. The maximum absolute atomic E-state index is 5.54. The lowest BCUT2D eigenvalue weighted by Crippen LogP contribution is -2.34. The average molecular weight is 117 g/mol. The number of ether oxygens (including phenoxy) is 2. The second-order valence-corrected chi connectivity index (χ2v) is 1.98. The minimum Gasteiger partial charge on any atom is -0.377 e. The zero-order valence-electron chi connectivity index (χ0n) is 4.96. The molecule has 1 saturated heterocycles. The van der Waals surface area contributed by atoms with Crippen LogP contribution in [0.3, 0.4) is 0 Å². The van der Waals surface area contributed by atoms with Crippen molar-refractivity contribution in [1.29, 1.82) is 0 Å². The summed E-state index contributed by atoms with van der Waals surface area (Å²) in [5, 5.41) is 0.